The highest BCUT2D eigenvalue weighted by Gasteiger charge is 2.29. The Morgan fingerprint density at radius 2 is 1.74 bits per heavy atom. The van der Waals surface area contributed by atoms with Crippen LogP contribution in [0.2, 0.25) is 5.02 Å². The number of benzene rings is 3. The van der Waals surface area contributed by atoms with Crippen molar-refractivity contribution in [2.24, 2.45) is 0 Å². The summed E-state index contributed by atoms with van der Waals surface area (Å²) in [5.41, 5.74) is 1.14. The van der Waals surface area contributed by atoms with Crippen molar-refractivity contribution in [1.82, 2.24) is 14.5 Å². The van der Waals surface area contributed by atoms with Crippen molar-refractivity contribution in [2.75, 3.05) is 31.1 Å². The van der Waals surface area contributed by atoms with Gasteiger partial charge in [-0.3, -0.25) is 4.57 Å². The molecule has 1 N–H and O–H groups in total. The predicted molar refractivity (Wildman–Crippen MR) is 164 cm³/mol. The average Bonchev–Trinajstić information content (AvgIpc) is 2.92. The quantitative estimate of drug-likeness (QED) is 0.283. The Bertz CT molecular complexity index is 1700. The first kappa shape index (κ1) is 29.4. The number of amides is 1. The van der Waals surface area contributed by atoms with E-state index in [1.807, 2.05) is 63.8 Å². The Labute approximate surface area is 248 Å². The summed E-state index contributed by atoms with van der Waals surface area (Å²) in [5.74, 6) is -0.380. The van der Waals surface area contributed by atoms with Crippen LogP contribution in [0.15, 0.2) is 59.4 Å². The number of carbonyl (C=O) groups is 1. The van der Waals surface area contributed by atoms with E-state index in [-0.39, 0.29) is 27.8 Å². The molecule has 42 heavy (non-hydrogen) atoms. The molecule has 1 aromatic heterocycles. The second kappa shape index (κ2) is 11.3. The van der Waals surface area contributed by atoms with E-state index < -0.39 is 23.2 Å². The normalized spacial score (nSPS) is 14.1. The molecule has 220 valence electrons. The van der Waals surface area contributed by atoms with Gasteiger partial charge in [-0.05, 0) is 62.6 Å². The van der Waals surface area contributed by atoms with Gasteiger partial charge in [0.2, 0.25) is 0 Å². The molecule has 10 heteroatoms. The molecule has 1 amide bonds. The summed E-state index contributed by atoms with van der Waals surface area (Å²) in [6, 6.07) is 14.9. The number of para-hydroxylation sites is 1. The van der Waals surface area contributed by atoms with Crippen molar-refractivity contribution in [2.45, 2.75) is 46.1 Å². The van der Waals surface area contributed by atoms with Crippen LogP contribution in [0.3, 0.4) is 0 Å². The number of fused-ring (bicyclic) bond motifs is 1. The van der Waals surface area contributed by atoms with Crippen LogP contribution in [0.1, 0.15) is 46.1 Å². The van der Waals surface area contributed by atoms with Gasteiger partial charge in [-0.2, -0.15) is 4.98 Å². The fourth-order valence-corrected chi connectivity index (χ4v) is 5.54. The highest BCUT2D eigenvalue weighted by atomic mass is 35.5. The lowest BCUT2D eigenvalue weighted by Gasteiger charge is -2.36. The summed E-state index contributed by atoms with van der Waals surface area (Å²) in [4.78, 5) is 34.6. The molecular weight excluding hydrogens is 559 g/mol. The molecule has 8 nitrogen and oxygen atoms in total. The number of ether oxygens (including phenoxy) is 1. The van der Waals surface area contributed by atoms with Gasteiger partial charge >= 0.3 is 11.8 Å². The van der Waals surface area contributed by atoms with Crippen LogP contribution in [-0.2, 0) is 4.74 Å². The maximum atomic E-state index is 15.0. The second-order valence-electron chi connectivity index (χ2n) is 11.7. The number of aromatic hydroxyl groups is 1. The van der Waals surface area contributed by atoms with Gasteiger partial charge in [0.05, 0.1) is 16.8 Å². The van der Waals surface area contributed by atoms with Crippen molar-refractivity contribution in [3.05, 3.63) is 81.5 Å². The number of hydrogen-bond donors (Lipinski definition) is 1. The molecule has 2 heterocycles. The Hall–Kier alpha value is -4.11. The fourth-order valence-electron chi connectivity index (χ4n) is 5.28. The van der Waals surface area contributed by atoms with Crippen molar-refractivity contribution in [3.8, 4) is 22.6 Å². The number of aromatic nitrogens is 2. The Kier molecular flexibility index (Phi) is 7.90. The van der Waals surface area contributed by atoms with Gasteiger partial charge in [0.1, 0.15) is 23.0 Å². The summed E-state index contributed by atoms with van der Waals surface area (Å²) in [5, 5.41) is 11.3. The molecule has 0 aliphatic carbocycles. The molecule has 1 fully saturated rings. The largest absolute Gasteiger partial charge is 0.507 e. The molecule has 5 rings (SSSR count). The lowest BCUT2D eigenvalue weighted by atomic mass is 9.99. The van der Waals surface area contributed by atoms with Crippen LogP contribution in [0.25, 0.3) is 27.7 Å². The minimum atomic E-state index is -0.639. The van der Waals surface area contributed by atoms with Crippen molar-refractivity contribution in [3.63, 3.8) is 0 Å². The zero-order chi connectivity index (χ0) is 30.3. The molecule has 0 saturated carbocycles. The molecule has 0 bridgehead atoms. The zero-order valence-corrected chi connectivity index (χ0v) is 25.1. The van der Waals surface area contributed by atoms with Crippen LogP contribution in [-0.4, -0.2) is 57.4 Å². The Balaban J connectivity index is 1.68. The topological polar surface area (TPSA) is 87.9 Å². The molecule has 0 spiro atoms. The maximum absolute atomic E-state index is 15.0. The van der Waals surface area contributed by atoms with Crippen LogP contribution in [0.4, 0.5) is 15.0 Å². The van der Waals surface area contributed by atoms with E-state index in [0.717, 1.165) is 5.56 Å². The first-order valence-corrected chi connectivity index (χ1v) is 14.3. The predicted octanol–water partition coefficient (Wildman–Crippen LogP) is 6.73. The minimum Gasteiger partial charge on any atom is -0.507 e. The molecule has 3 aromatic carbocycles. The summed E-state index contributed by atoms with van der Waals surface area (Å²) < 4.78 is 22.1. The Morgan fingerprint density at radius 3 is 2.38 bits per heavy atom. The number of carbonyl (C=O) groups excluding carboxylic acids is 1. The van der Waals surface area contributed by atoms with Crippen LogP contribution < -0.4 is 10.6 Å². The maximum Gasteiger partial charge on any atom is 0.410 e. The number of hydrogen-bond acceptors (Lipinski definition) is 6. The van der Waals surface area contributed by atoms with E-state index in [1.165, 1.54) is 22.8 Å². The Morgan fingerprint density at radius 1 is 1.05 bits per heavy atom. The van der Waals surface area contributed by atoms with Gasteiger partial charge in [0.25, 0.3) is 0 Å². The van der Waals surface area contributed by atoms with Gasteiger partial charge in [0.15, 0.2) is 0 Å². The number of rotatable bonds is 4. The van der Waals surface area contributed by atoms with Crippen molar-refractivity contribution in [1.29, 1.82) is 0 Å². The zero-order valence-electron chi connectivity index (χ0n) is 24.3. The lowest BCUT2D eigenvalue weighted by Crippen LogP contribution is -2.50. The van der Waals surface area contributed by atoms with Crippen LogP contribution >= 0.6 is 11.6 Å². The first-order chi connectivity index (χ1) is 19.9. The third-order valence-electron chi connectivity index (χ3n) is 7.25. The number of phenols is 1. The summed E-state index contributed by atoms with van der Waals surface area (Å²) in [7, 11) is 0. The highest BCUT2D eigenvalue weighted by Crippen LogP contribution is 2.40. The van der Waals surface area contributed by atoms with Gasteiger partial charge in [-0.25, -0.2) is 14.0 Å². The molecule has 4 aromatic rings. The third kappa shape index (κ3) is 5.66. The number of piperazine rings is 1. The van der Waals surface area contributed by atoms with Gasteiger partial charge < -0.3 is 19.6 Å². The fraction of sp³-hybridized carbons (Fsp3) is 0.344. The molecule has 0 unspecified atom stereocenters. The smallest absolute Gasteiger partial charge is 0.410 e. The monoisotopic (exact) mass is 592 g/mol. The van der Waals surface area contributed by atoms with Crippen molar-refractivity contribution >= 4 is 34.4 Å². The van der Waals surface area contributed by atoms with E-state index in [2.05, 4.69) is 4.98 Å². The average molecular weight is 593 g/mol. The second-order valence-corrected chi connectivity index (χ2v) is 12.1. The van der Waals surface area contributed by atoms with Crippen LogP contribution in [0, 0.1) is 5.82 Å². The molecule has 0 atom stereocenters. The SMILES string of the molecule is CC(C)c1ccccc1-n1c(=O)nc(N2CCN(C(=O)OC(C)(C)C)CC2)c2cc(Cl)c(-c3c(O)cccc3F)cc21. The lowest BCUT2D eigenvalue weighted by molar-refractivity contribution is 0.0240. The van der Waals surface area contributed by atoms with Gasteiger partial charge in [0, 0.05) is 42.2 Å². The number of nitrogens with zero attached hydrogens (tertiary/aromatic N) is 4. The van der Waals surface area contributed by atoms with E-state index >= 15 is 4.39 Å². The molecule has 0 radical (unpaired) electrons. The minimum absolute atomic E-state index is 0.0510. The van der Waals surface area contributed by atoms with E-state index in [4.69, 9.17) is 16.3 Å². The molecule has 1 saturated heterocycles. The number of phenolic OH excluding ortho intramolecular Hbond substituents is 1. The summed E-state index contributed by atoms with van der Waals surface area (Å²) in [6.45, 7) is 11.1. The molecule has 1 aliphatic rings. The van der Waals surface area contributed by atoms with Gasteiger partial charge in [-0.15, -0.1) is 0 Å². The molecular formula is C32H34ClFN4O4. The van der Waals surface area contributed by atoms with E-state index in [1.54, 1.807) is 17.0 Å². The van der Waals surface area contributed by atoms with E-state index in [9.17, 15) is 14.7 Å². The molecule has 1 aliphatic heterocycles. The van der Waals surface area contributed by atoms with Gasteiger partial charge in [-0.1, -0.05) is 49.7 Å². The summed E-state index contributed by atoms with van der Waals surface area (Å²) >= 11 is 6.76. The standard InChI is InChI=1S/C32H34ClFN4O4/c1-19(2)20-9-6-7-11-25(20)38-26-18-21(28-24(34)10-8-12-27(28)39)23(33)17-22(26)29(35-30(38)40)36-13-15-37(16-14-36)31(41)42-32(3,4)5/h6-12,17-19,39H,13-16H2,1-5H3. The van der Waals surface area contributed by atoms with Crippen molar-refractivity contribution < 1.29 is 19.0 Å². The number of halogens is 2. The highest BCUT2D eigenvalue weighted by molar-refractivity contribution is 6.34. The first-order valence-electron chi connectivity index (χ1n) is 13.9. The third-order valence-corrected chi connectivity index (χ3v) is 7.56. The van der Waals surface area contributed by atoms with E-state index in [0.29, 0.717) is 48.6 Å². The number of anilines is 1. The van der Waals surface area contributed by atoms with Crippen LogP contribution in [0.5, 0.6) is 5.75 Å². The summed E-state index contributed by atoms with van der Waals surface area (Å²) in [6.07, 6.45) is -0.391.